The molecular weight excluding hydrogens is 262 g/mol. The monoisotopic (exact) mass is 277 g/mol. The second kappa shape index (κ2) is 5.51. The van der Waals surface area contributed by atoms with Crippen LogP contribution in [0.25, 0.3) is 0 Å². The first kappa shape index (κ1) is 13.7. The normalized spacial score (nSPS) is 17.4. The smallest absolute Gasteiger partial charge is 0.157 e. The number of benzene rings is 2. The van der Waals surface area contributed by atoms with Crippen molar-refractivity contribution in [2.24, 2.45) is 0 Å². The Hall–Kier alpha value is -1.71. The third kappa shape index (κ3) is 2.53. The van der Waals surface area contributed by atoms with Crippen LogP contribution in [0.2, 0.25) is 0 Å². The average molecular weight is 278 g/mol. The standard InChI is InChI=1S/C15H15NO2.ClH/c17-13-8-11-6-7-16-15(12(11)9-14(13)18)10-4-2-1-3-5-10;/h1-5,8-9,15-18H,6-7H2;1H. The van der Waals surface area contributed by atoms with Gasteiger partial charge in [0.1, 0.15) is 0 Å². The minimum absolute atomic E-state index is 0. The van der Waals surface area contributed by atoms with Crippen LogP contribution >= 0.6 is 12.4 Å². The molecule has 0 saturated heterocycles. The zero-order chi connectivity index (χ0) is 12.5. The summed E-state index contributed by atoms with van der Waals surface area (Å²) < 4.78 is 0. The molecule has 1 aliphatic rings. The lowest BCUT2D eigenvalue weighted by Crippen LogP contribution is -2.30. The van der Waals surface area contributed by atoms with E-state index < -0.39 is 0 Å². The van der Waals surface area contributed by atoms with Crippen molar-refractivity contribution in [3.63, 3.8) is 0 Å². The van der Waals surface area contributed by atoms with Gasteiger partial charge in [0, 0.05) is 6.54 Å². The van der Waals surface area contributed by atoms with E-state index in [1.54, 1.807) is 12.1 Å². The molecule has 2 aromatic carbocycles. The maximum atomic E-state index is 9.66. The van der Waals surface area contributed by atoms with Crippen LogP contribution < -0.4 is 5.32 Å². The fourth-order valence-corrected chi connectivity index (χ4v) is 2.53. The first-order chi connectivity index (χ1) is 8.75. The highest BCUT2D eigenvalue weighted by Gasteiger charge is 2.22. The van der Waals surface area contributed by atoms with Gasteiger partial charge in [0.2, 0.25) is 0 Å². The van der Waals surface area contributed by atoms with Gasteiger partial charge < -0.3 is 15.5 Å². The number of rotatable bonds is 1. The lowest BCUT2D eigenvalue weighted by molar-refractivity contribution is 0.400. The molecule has 0 aliphatic carbocycles. The Morgan fingerprint density at radius 1 is 1.00 bits per heavy atom. The SMILES string of the molecule is Cl.Oc1cc2c(cc1O)C(c1ccccc1)NCC2. The van der Waals surface area contributed by atoms with Crippen LogP contribution in [0.1, 0.15) is 22.7 Å². The van der Waals surface area contributed by atoms with E-state index in [-0.39, 0.29) is 29.9 Å². The van der Waals surface area contributed by atoms with Crippen LogP contribution in [0.5, 0.6) is 11.5 Å². The minimum Gasteiger partial charge on any atom is -0.504 e. The Morgan fingerprint density at radius 2 is 1.68 bits per heavy atom. The molecule has 0 fully saturated rings. The predicted octanol–water partition coefficient (Wildman–Crippen LogP) is 2.75. The number of nitrogens with one attached hydrogen (secondary N) is 1. The van der Waals surface area contributed by atoms with Crippen LogP contribution in [0.4, 0.5) is 0 Å². The van der Waals surface area contributed by atoms with Crippen molar-refractivity contribution in [3.05, 3.63) is 59.2 Å². The maximum Gasteiger partial charge on any atom is 0.157 e. The van der Waals surface area contributed by atoms with Crippen LogP contribution in [0.15, 0.2) is 42.5 Å². The van der Waals surface area contributed by atoms with Crippen molar-refractivity contribution in [3.8, 4) is 11.5 Å². The molecule has 0 spiro atoms. The first-order valence-corrected chi connectivity index (χ1v) is 6.09. The number of hydrogen-bond donors (Lipinski definition) is 3. The molecule has 3 nitrogen and oxygen atoms in total. The number of fused-ring (bicyclic) bond motifs is 1. The largest absolute Gasteiger partial charge is 0.504 e. The maximum absolute atomic E-state index is 9.66. The summed E-state index contributed by atoms with van der Waals surface area (Å²) in [5.41, 5.74) is 3.31. The van der Waals surface area contributed by atoms with Gasteiger partial charge in [-0.15, -0.1) is 12.4 Å². The number of halogens is 1. The van der Waals surface area contributed by atoms with Gasteiger partial charge in [-0.3, -0.25) is 0 Å². The highest BCUT2D eigenvalue weighted by Crippen LogP contribution is 2.35. The van der Waals surface area contributed by atoms with Crippen molar-refractivity contribution in [2.45, 2.75) is 12.5 Å². The fraction of sp³-hybridized carbons (Fsp3) is 0.200. The Balaban J connectivity index is 0.00000133. The van der Waals surface area contributed by atoms with Crippen LogP contribution in [0.3, 0.4) is 0 Å². The van der Waals surface area contributed by atoms with Crippen molar-refractivity contribution in [2.75, 3.05) is 6.54 Å². The summed E-state index contributed by atoms with van der Waals surface area (Å²) in [5.74, 6) is -0.0964. The van der Waals surface area contributed by atoms with Crippen molar-refractivity contribution >= 4 is 12.4 Å². The number of phenolic OH excluding ortho intramolecular Hbond substituents is 2. The summed E-state index contributed by atoms with van der Waals surface area (Å²) in [7, 11) is 0. The Morgan fingerprint density at radius 3 is 2.42 bits per heavy atom. The molecule has 0 aromatic heterocycles. The summed E-state index contributed by atoms with van der Waals surface area (Å²) in [6.45, 7) is 0.872. The number of phenols is 2. The fourth-order valence-electron chi connectivity index (χ4n) is 2.53. The van der Waals surface area contributed by atoms with Crippen LogP contribution in [-0.4, -0.2) is 16.8 Å². The molecule has 1 atom stereocenters. The number of hydrogen-bond acceptors (Lipinski definition) is 3. The third-order valence-corrected chi connectivity index (χ3v) is 3.42. The molecule has 1 aliphatic heterocycles. The summed E-state index contributed by atoms with van der Waals surface area (Å²) in [4.78, 5) is 0. The lowest BCUT2D eigenvalue weighted by atomic mass is 9.89. The zero-order valence-electron chi connectivity index (χ0n) is 10.3. The lowest BCUT2D eigenvalue weighted by Gasteiger charge is -2.27. The van der Waals surface area contributed by atoms with Crippen LogP contribution in [-0.2, 0) is 6.42 Å². The summed E-state index contributed by atoms with van der Waals surface area (Å²) in [6.07, 6.45) is 0.868. The highest BCUT2D eigenvalue weighted by molar-refractivity contribution is 5.85. The quantitative estimate of drug-likeness (QED) is 0.703. The molecule has 4 heteroatoms. The molecule has 0 amide bonds. The second-order valence-electron chi connectivity index (χ2n) is 4.59. The molecule has 0 radical (unpaired) electrons. The van der Waals surface area contributed by atoms with Crippen molar-refractivity contribution in [1.82, 2.24) is 5.32 Å². The minimum atomic E-state index is -0.0571. The molecule has 19 heavy (non-hydrogen) atoms. The highest BCUT2D eigenvalue weighted by atomic mass is 35.5. The molecule has 0 bridgehead atoms. The van der Waals surface area contributed by atoms with E-state index in [2.05, 4.69) is 17.4 Å². The van der Waals surface area contributed by atoms with Gasteiger partial charge in [0.15, 0.2) is 11.5 Å². The molecule has 100 valence electrons. The number of aromatic hydroxyl groups is 2. The van der Waals surface area contributed by atoms with E-state index >= 15 is 0 Å². The van der Waals surface area contributed by atoms with E-state index in [9.17, 15) is 10.2 Å². The topological polar surface area (TPSA) is 52.5 Å². The molecule has 3 rings (SSSR count). The van der Waals surface area contributed by atoms with Gasteiger partial charge in [-0.25, -0.2) is 0 Å². The third-order valence-electron chi connectivity index (χ3n) is 3.42. The molecule has 1 unspecified atom stereocenters. The van der Waals surface area contributed by atoms with E-state index in [1.165, 1.54) is 5.56 Å². The zero-order valence-corrected chi connectivity index (χ0v) is 11.2. The van der Waals surface area contributed by atoms with E-state index in [1.807, 2.05) is 18.2 Å². The first-order valence-electron chi connectivity index (χ1n) is 6.09. The van der Waals surface area contributed by atoms with Gasteiger partial charge in [0.05, 0.1) is 6.04 Å². The van der Waals surface area contributed by atoms with Gasteiger partial charge in [-0.05, 0) is 35.2 Å². The summed E-state index contributed by atoms with van der Waals surface area (Å²) in [6, 6.07) is 13.5. The van der Waals surface area contributed by atoms with E-state index in [4.69, 9.17) is 0 Å². The average Bonchev–Trinajstić information content (AvgIpc) is 2.40. The van der Waals surface area contributed by atoms with Gasteiger partial charge in [-0.2, -0.15) is 0 Å². The molecule has 2 aromatic rings. The molecule has 1 heterocycles. The van der Waals surface area contributed by atoms with E-state index in [0.717, 1.165) is 24.1 Å². The summed E-state index contributed by atoms with van der Waals surface area (Å²) in [5, 5.41) is 22.7. The van der Waals surface area contributed by atoms with Gasteiger partial charge in [-0.1, -0.05) is 30.3 Å². The van der Waals surface area contributed by atoms with Gasteiger partial charge >= 0.3 is 0 Å². The van der Waals surface area contributed by atoms with Crippen molar-refractivity contribution < 1.29 is 10.2 Å². The second-order valence-corrected chi connectivity index (χ2v) is 4.59. The predicted molar refractivity (Wildman–Crippen MR) is 77.0 cm³/mol. The summed E-state index contributed by atoms with van der Waals surface area (Å²) >= 11 is 0. The van der Waals surface area contributed by atoms with Gasteiger partial charge in [0.25, 0.3) is 0 Å². The molecule has 0 saturated carbocycles. The molecular formula is C15H16ClNO2. The Labute approximate surface area is 118 Å². The molecule has 3 N–H and O–H groups in total. The van der Waals surface area contributed by atoms with E-state index in [0.29, 0.717) is 0 Å². The van der Waals surface area contributed by atoms with Crippen LogP contribution in [0, 0.1) is 0 Å². The Kier molecular flexibility index (Phi) is 3.98. The van der Waals surface area contributed by atoms with Crippen molar-refractivity contribution in [1.29, 1.82) is 0 Å². The Bertz CT molecular complexity index is 572.